The van der Waals surface area contributed by atoms with Gasteiger partial charge in [0, 0.05) is 6.42 Å². The Morgan fingerprint density at radius 1 is 1.25 bits per heavy atom. The number of rotatable bonds is 2. The van der Waals surface area contributed by atoms with E-state index >= 15 is 0 Å². The largest absolute Gasteiger partial charge is 0.502 e. The van der Waals surface area contributed by atoms with Crippen LogP contribution >= 0.6 is 0 Å². The molecule has 4 heteroatoms. The van der Waals surface area contributed by atoms with Crippen molar-refractivity contribution in [1.29, 1.82) is 0 Å². The van der Waals surface area contributed by atoms with Crippen LogP contribution in [0.2, 0.25) is 0 Å². The summed E-state index contributed by atoms with van der Waals surface area (Å²) in [5.41, 5.74) is 2.22. The summed E-state index contributed by atoms with van der Waals surface area (Å²) < 4.78 is 0. The summed E-state index contributed by atoms with van der Waals surface area (Å²) >= 11 is 0. The highest BCUT2D eigenvalue weighted by molar-refractivity contribution is 5.31. The average molecular weight is 215 g/mol. The molecule has 0 atom stereocenters. The normalized spacial score (nSPS) is 10.3. The van der Waals surface area contributed by atoms with Gasteiger partial charge in [-0.05, 0) is 18.1 Å². The van der Waals surface area contributed by atoms with E-state index in [2.05, 4.69) is 16.2 Å². The van der Waals surface area contributed by atoms with Crippen LogP contribution in [0.25, 0.3) is 0 Å². The monoisotopic (exact) mass is 215 g/mol. The number of aromatic hydroxyl groups is 2. The van der Waals surface area contributed by atoms with Crippen molar-refractivity contribution in [2.75, 3.05) is 0 Å². The number of aryl methyl sites for hydroxylation is 1. The molecule has 0 aliphatic carbocycles. The van der Waals surface area contributed by atoms with Crippen molar-refractivity contribution in [1.82, 2.24) is 9.97 Å². The van der Waals surface area contributed by atoms with Gasteiger partial charge < -0.3 is 10.2 Å². The first kappa shape index (κ1) is 10.4. The van der Waals surface area contributed by atoms with E-state index in [4.69, 9.17) is 5.11 Å². The molecule has 0 unspecified atom stereocenters. The van der Waals surface area contributed by atoms with E-state index in [1.165, 1.54) is 0 Å². The second-order valence-electron chi connectivity index (χ2n) is 3.53. The number of benzene rings is 1. The molecule has 16 heavy (non-hydrogen) atoms. The first-order chi connectivity index (χ1) is 7.66. The standard InChI is InChI=1S/C12H11N2O2/c1-8-4-2-3-5-9(8)6-11-13-7-10(15)12(16)14-11/h2-5,15H,6H2,1H3,(H,13,14,16). The van der Waals surface area contributed by atoms with Crippen molar-refractivity contribution in [3.8, 4) is 11.6 Å². The van der Waals surface area contributed by atoms with Crippen LogP contribution in [-0.2, 0) is 6.42 Å². The van der Waals surface area contributed by atoms with Crippen molar-refractivity contribution in [2.45, 2.75) is 13.3 Å². The zero-order valence-corrected chi connectivity index (χ0v) is 8.81. The summed E-state index contributed by atoms with van der Waals surface area (Å²) in [7, 11) is 0. The quantitative estimate of drug-likeness (QED) is 0.798. The second-order valence-corrected chi connectivity index (χ2v) is 3.53. The molecule has 0 aliphatic heterocycles. The van der Waals surface area contributed by atoms with Crippen LogP contribution < -0.4 is 0 Å². The maximum Gasteiger partial charge on any atom is 0.258 e. The zero-order chi connectivity index (χ0) is 11.5. The molecule has 81 valence electrons. The highest BCUT2D eigenvalue weighted by atomic mass is 16.3. The topological polar surface area (TPSA) is 66.2 Å². The molecule has 0 fully saturated rings. The number of hydrogen-bond acceptors (Lipinski definition) is 4. The molecule has 1 heterocycles. The Hall–Kier alpha value is -2.10. The third-order valence-corrected chi connectivity index (χ3v) is 2.35. The van der Waals surface area contributed by atoms with Gasteiger partial charge in [0.05, 0.1) is 0 Å². The van der Waals surface area contributed by atoms with Gasteiger partial charge in [-0.3, -0.25) is 0 Å². The minimum absolute atomic E-state index is 0.423. The fraction of sp³-hybridized carbons (Fsp3) is 0.167. The van der Waals surface area contributed by atoms with Crippen molar-refractivity contribution in [2.24, 2.45) is 0 Å². The van der Waals surface area contributed by atoms with Crippen LogP contribution in [-0.4, -0.2) is 20.2 Å². The number of hydrogen-bond donors (Lipinski definition) is 2. The molecule has 0 spiro atoms. The maximum atomic E-state index is 9.22. The first-order valence-corrected chi connectivity index (χ1v) is 4.88. The molecule has 1 radical (unpaired) electrons. The Morgan fingerprint density at radius 2 is 2.00 bits per heavy atom. The Morgan fingerprint density at radius 3 is 2.69 bits per heavy atom. The van der Waals surface area contributed by atoms with Crippen molar-refractivity contribution in [3.63, 3.8) is 0 Å². The number of nitrogens with zero attached hydrogens (tertiary/aromatic N) is 2. The van der Waals surface area contributed by atoms with Crippen molar-refractivity contribution in [3.05, 3.63) is 47.4 Å². The van der Waals surface area contributed by atoms with Crippen LogP contribution in [0.15, 0.2) is 24.3 Å². The fourth-order valence-corrected chi connectivity index (χ4v) is 1.43. The Bertz CT molecular complexity index is 512. The van der Waals surface area contributed by atoms with Crippen molar-refractivity contribution >= 4 is 0 Å². The number of aromatic nitrogens is 2. The lowest BCUT2D eigenvalue weighted by Gasteiger charge is -2.04. The van der Waals surface area contributed by atoms with E-state index in [0.29, 0.717) is 12.2 Å². The van der Waals surface area contributed by atoms with Gasteiger partial charge in [0.15, 0.2) is 0 Å². The summed E-state index contributed by atoms with van der Waals surface area (Å²) in [6.45, 7) is 2.00. The summed E-state index contributed by atoms with van der Waals surface area (Å²) in [6.07, 6.45) is 2.81. The van der Waals surface area contributed by atoms with E-state index in [-0.39, 0.29) is 0 Å². The van der Waals surface area contributed by atoms with Crippen LogP contribution in [0.5, 0.6) is 11.6 Å². The van der Waals surface area contributed by atoms with Gasteiger partial charge in [-0.25, -0.2) is 4.98 Å². The molecule has 0 amide bonds. The summed E-state index contributed by atoms with van der Waals surface area (Å²) in [5.74, 6) is -0.420. The molecule has 1 aromatic heterocycles. The minimum atomic E-state index is -0.432. The molecular weight excluding hydrogens is 204 g/mol. The van der Waals surface area contributed by atoms with Crippen LogP contribution in [0.1, 0.15) is 17.0 Å². The molecule has 0 saturated heterocycles. The Labute approximate surface area is 93.2 Å². The average Bonchev–Trinajstić information content (AvgIpc) is 2.27. The summed E-state index contributed by atoms with van der Waals surface area (Å²) in [5, 5.41) is 18.2. The summed E-state index contributed by atoms with van der Waals surface area (Å²) in [6, 6.07) is 7.87. The maximum absolute atomic E-state index is 9.22. The van der Waals surface area contributed by atoms with E-state index in [9.17, 15) is 5.11 Å². The molecule has 1 aromatic carbocycles. The third kappa shape index (κ3) is 2.11. The summed E-state index contributed by atoms with van der Waals surface area (Å²) in [4.78, 5) is 7.60. The van der Waals surface area contributed by atoms with Gasteiger partial charge in [0.2, 0.25) is 5.75 Å². The minimum Gasteiger partial charge on any atom is -0.502 e. The molecular formula is C12H11N2O2. The van der Waals surface area contributed by atoms with Gasteiger partial charge in [0.1, 0.15) is 12.0 Å². The lowest BCUT2D eigenvalue weighted by Crippen LogP contribution is -1.98. The second kappa shape index (κ2) is 4.18. The Balaban J connectivity index is 2.28. The highest BCUT2D eigenvalue weighted by Gasteiger charge is 2.06. The van der Waals surface area contributed by atoms with E-state index in [1.807, 2.05) is 31.2 Å². The Kier molecular flexibility index (Phi) is 2.72. The van der Waals surface area contributed by atoms with E-state index in [0.717, 1.165) is 11.1 Å². The molecule has 4 nitrogen and oxygen atoms in total. The molecule has 0 saturated carbocycles. The lowest BCUT2D eigenvalue weighted by molar-refractivity contribution is 0.383. The molecule has 2 N–H and O–H groups in total. The van der Waals surface area contributed by atoms with Crippen LogP contribution in [0.4, 0.5) is 0 Å². The van der Waals surface area contributed by atoms with Gasteiger partial charge in [-0.15, -0.1) is 0 Å². The van der Waals surface area contributed by atoms with Crippen LogP contribution in [0.3, 0.4) is 0 Å². The van der Waals surface area contributed by atoms with E-state index in [1.54, 1.807) is 0 Å². The fourth-order valence-electron chi connectivity index (χ4n) is 1.43. The molecule has 0 aliphatic rings. The first-order valence-electron chi connectivity index (χ1n) is 4.88. The zero-order valence-electron chi connectivity index (χ0n) is 8.81. The molecule has 0 bridgehead atoms. The van der Waals surface area contributed by atoms with Gasteiger partial charge in [-0.1, -0.05) is 24.3 Å². The van der Waals surface area contributed by atoms with E-state index < -0.39 is 11.6 Å². The van der Waals surface area contributed by atoms with Crippen molar-refractivity contribution < 1.29 is 10.2 Å². The lowest BCUT2D eigenvalue weighted by atomic mass is 10.1. The molecule has 2 aromatic rings. The predicted molar refractivity (Wildman–Crippen MR) is 58.2 cm³/mol. The van der Waals surface area contributed by atoms with Gasteiger partial charge in [-0.2, -0.15) is 4.98 Å². The molecule has 2 rings (SSSR count). The van der Waals surface area contributed by atoms with Gasteiger partial charge >= 0.3 is 0 Å². The van der Waals surface area contributed by atoms with Crippen LogP contribution in [0, 0.1) is 13.1 Å². The highest BCUT2D eigenvalue weighted by Crippen LogP contribution is 2.20. The SMILES string of the molecule is Cc1ccccc1Cc1n[c]c(O)c(O)n1. The predicted octanol–water partition coefficient (Wildman–Crippen LogP) is 1.59. The smallest absolute Gasteiger partial charge is 0.258 e. The van der Waals surface area contributed by atoms with Gasteiger partial charge in [0.25, 0.3) is 5.88 Å². The third-order valence-electron chi connectivity index (χ3n) is 2.35.